The zero-order chi connectivity index (χ0) is 22.7. The fraction of sp³-hybridized carbons (Fsp3) is 0.174. The van der Waals surface area contributed by atoms with Crippen LogP contribution in [-0.4, -0.2) is 45.5 Å². The molecule has 0 atom stereocenters. The lowest BCUT2D eigenvalue weighted by Crippen LogP contribution is -2.29. The van der Waals surface area contributed by atoms with Crippen molar-refractivity contribution in [2.45, 2.75) is 6.42 Å². The number of fused-ring (bicyclic) bond motifs is 1. The Balaban J connectivity index is 1.46. The maximum Gasteiger partial charge on any atom is 0.253 e. The number of hydrogen-bond acceptors (Lipinski definition) is 4. The molecule has 2 heterocycles. The second-order valence-corrected chi connectivity index (χ2v) is 8.95. The summed E-state index contributed by atoms with van der Waals surface area (Å²) in [4.78, 5) is 19.0. The first kappa shape index (κ1) is 22.6. The molecule has 4 rings (SSSR count). The normalized spacial score (nSPS) is 11.0. The number of carbonyl (C=O) groups is 1. The number of nitrogens with zero attached hydrogens (tertiary/aromatic N) is 4. The van der Waals surface area contributed by atoms with Gasteiger partial charge in [-0.2, -0.15) is 9.61 Å². The van der Waals surface area contributed by atoms with E-state index in [9.17, 15) is 4.79 Å². The van der Waals surface area contributed by atoms with Crippen molar-refractivity contribution in [3.05, 3.63) is 80.9 Å². The molecule has 0 aliphatic heterocycles. The Labute approximate surface area is 204 Å². The number of carbonyl (C=O) groups excluding carboxylic acids is 1. The van der Waals surface area contributed by atoms with E-state index in [1.54, 1.807) is 46.9 Å². The van der Waals surface area contributed by atoms with Gasteiger partial charge in [-0.1, -0.05) is 47.5 Å². The Bertz CT molecular complexity index is 1280. The van der Waals surface area contributed by atoms with Gasteiger partial charge < -0.3 is 10.2 Å². The molecule has 0 saturated carbocycles. The van der Waals surface area contributed by atoms with Crippen LogP contribution < -0.4 is 5.32 Å². The Morgan fingerprint density at radius 3 is 2.75 bits per heavy atom. The van der Waals surface area contributed by atoms with Gasteiger partial charge in [-0.05, 0) is 46.6 Å². The summed E-state index contributed by atoms with van der Waals surface area (Å²) in [5, 5.41) is 8.99. The van der Waals surface area contributed by atoms with Gasteiger partial charge >= 0.3 is 0 Å². The minimum atomic E-state index is -0.0594. The van der Waals surface area contributed by atoms with Crippen LogP contribution in [0.15, 0.2) is 65.3 Å². The molecule has 164 valence electrons. The number of amides is 1. The van der Waals surface area contributed by atoms with Gasteiger partial charge in [0.05, 0.1) is 16.4 Å². The summed E-state index contributed by atoms with van der Waals surface area (Å²) in [5.74, 6) is 0.732. The summed E-state index contributed by atoms with van der Waals surface area (Å²) in [6, 6.07) is 16.5. The predicted molar refractivity (Wildman–Crippen MR) is 133 cm³/mol. The van der Waals surface area contributed by atoms with Gasteiger partial charge in [-0.15, -0.1) is 0 Å². The molecule has 6 nitrogen and oxygen atoms in total. The Hall–Kier alpha value is -2.61. The molecular formula is C23H20BrCl2N5O. The van der Waals surface area contributed by atoms with Crippen LogP contribution in [-0.2, 0) is 0 Å². The quantitative estimate of drug-likeness (QED) is 0.295. The number of anilines is 1. The topological polar surface area (TPSA) is 62.5 Å². The van der Waals surface area contributed by atoms with Gasteiger partial charge in [-0.3, -0.25) is 4.79 Å². The van der Waals surface area contributed by atoms with E-state index in [4.69, 9.17) is 28.2 Å². The molecule has 1 N–H and O–H groups in total. The van der Waals surface area contributed by atoms with E-state index in [-0.39, 0.29) is 5.91 Å². The number of hydrogen-bond donors (Lipinski definition) is 1. The lowest BCUT2D eigenvalue weighted by Gasteiger charge is -2.18. The average Bonchev–Trinajstić information content (AvgIpc) is 3.17. The minimum Gasteiger partial charge on any atom is -0.370 e. The summed E-state index contributed by atoms with van der Waals surface area (Å²) in [5.41, 5.74) is 2.87. The van der Waals surface area contributed by atoms with Crippen LogP contribution in [0, 0.1) is 0 Å². The van der Waals surface area contributed by atoms with Crippen LogP contribution >= 0.6 is 39.1 Å². The first-order valence-corrected chi connectivity index (χ1v) is 11.5. The summed E-state index contributed by atoms with van der Waals surface area (Å²) >= 11 is 15.9. The third-order valence-corrected chi connectivity index (χ3v) is 6.10. The maximum atomic E-state index is 12.6. The van der Waals surface area contributed by atoms with Crippen molar-refractivity contribution in [2.24, 2.45) is 0 Å². The van der Waals surface area contributed by atoms with E-state index < -0.39 is 0 Å². The highest BCUT2D eigenvalue weighted by Gasteiger charge is 2.14. The molecule has 0 saturated heterocycles. The van der Waals surface area contributed by atoms with Crippen molar-refractivity contribution in [3.63, 3.8) is 0 Å². The molecule has 2 aromatic heterocycles. The molecule has 32 heavy (non-hydrogen) atoms. The van der Waals surface area contributed by atoms with Gasteiger partial charge in [0.25, 0.3) is 5.91 Å². The molecule has 0 radical (unpaired) electrons. The average molecular weight is 533 g/mol. The molecule has 0 unspecified atom stereocenters. The van der Waals surface area contributed by atoms with Crippen LogP contribution in [0.2, 0.25) is 10.0 Å². The van der Waals surface area contributed by atoms with Crippen molar-refractivity contribution in [1.82, 2.24) is 19.5 Å². The highest BCUT2D eigenvalue weighted by molar-refractivity contribution is 9.10. The molecule has 4 aromatic rings. The van der Waals surface area contributed by atoms with E-state index in [1.165, 1.54) is 0 Å². The predicted octanol–water partition coefficient (Wildman–Crippen LogP) is 6.04. The smallest absolute Gasteiger partial charge is 0.253 e. The Morgan fingerprint density at radius 1 is 1.16 bits per heavy atom. The van der Waals surface area contributed by atoms with Gasteiger partial charge in [0.2, 0.25) is 0 Å². The van der Waals surface area contributed by atoms with Crippen LogP contribution in [0.1, 0.15) is 16.8 Å². The first-order valence-electron chi connectivity index (χ1n) is 9.98. The molecule has 0 spiro atoms. The van der Waals surface area contributed by atoms with Gasteiger partial charge in [-0.25, -0.2) is 4.98 Å². The molecule has 0 bridgehead atoms. The van der Waals surface area contributed by atoms with Crippen LogP contribution in [0.3, 0.4) is 0 Å². The first-order chi connectivity index (χ1) is 15.4. The van der Waals surface area contributed by atoms with Gasteiger partial charge in [0, 0.05) is 47.4 Å². The van der Waals surface area contributed by atoms with E-state index in [0.29, 0.717) is 34.3 Å². The Morgan fingerprint density at radius 2 is 1.97 bits per heavy atom. The third kappa shape index (κ3) is 4.90. The molecule has 2 aromatic carbocycles. The zero-order valence-electron chi connectivity index (χ0n) is 17.2. The second kappa shape index (κ2) is 9.90. The molecule has 1 amide bonds. The van der Waals surface area contributed by atoms with E-state index in [0.717, 1.165) is 28.0 Å². The SMILES string of the molecule is CN(CCCNc1cc(-c2ccccc2Cl)nc2c(Br)cnn12)C(=O)c1cccc(Cl)c1. The van der Waals surface area contributed by atoms with Crippen LogP contribution in [0.4, 0.5) is 5.82 Å². The van der Waals surface area contributed by atoms with E-state index in [1.807, 2.05) is 30.3 Å². The standard InChI is InChI=1S/C23H20BrCl2N5O/c1-30(23(32)15-6-4-7-16(25)12-15)11-5-10-27-21-13-20(17-8-2-3-9-19(17)26)29-22-18(24)14-28-31(21)22/h2-4,6-9,12-14,27H,5,10-11H2,1H3. The monoisotopic (exact) mass is 531 g/mol. The highest BCUT2D eigenvalue weighted by atomic mass is 79.9. The summed E-state index contributed by atoms with van der Waals surface area (Å²) < 4.78 is 2.53. The minimum absolute atomic E-state index is 0.0594. The number of rotatable bonds is 7. The number of benzene rings is 2. The zero-order valence-corrected chi connectivity index (χ0v) is 20.3. The molecule has 0 fully saturated rings. The molecule has 0 aliphatic rings. The molecule has 0 aliphatic carbocycles. The second-order valence-electron chi connectivity index (χ2n) is 7.25. The lowest BCUT2D eigenvalue weighted by atomic mass is 10.1. The summed E-state index contributed by atoms with van der Waals surface area (Å²) in [6.07, 6.45) is 2.46. The van der Waals surface area contributed by atoms with E-state index >= 15 is 0 Å². The molecule has 9 heteroatoms. The van der Waals surface area contributed by atoms with Gasteiger partial charge in [0.1, 0.15) is 5.82 Å². The van der Waals surface area contributed by atoms with Gasteiger partial charge in [0.15, 0.2) is 5.65 Å². The van der Waals surface area contributed by atoms with Crippen molar-refractivity contribution < 1.29 is 4.79 Å². The lowest BCUT2D eigenvalue weighted by molar-refractivity contribution is 0.0794. The molecular weight excluding hydrogens is 513 g/mol. The van der Waals surface area contributed by atoms with Crippen molar-refractivity contribution in [2.75, 3.05) is 25.5 Å². The van der Waals surface area contributed by atoms with Crippen LogP contribution in [0.5, 0.6) is 0 Å². The van der Waals surface area contributed by atoms with Crippen LogP contribution in [0.25, 0.3) is 16.9 Å². The number of halogens is 3. The fourth-order valence-corrected chi connectivity index (χ4v) is 4.12. The fourth-order valence-electron chi connectivity index (χ4n) is 3.35. The Kier molecular flexibility index (Phi) is 6.98. The van der Waals surface area contributed by atoms with Crippen molar-refractivity contribution in [1.29, 1.82) is 0 Å². The third-order valence-electron chi connectivity index (χ3n) is 4.97. The highest BCUT2D eigenvalue weighted by Crippen LogP contribution is 2.30. The summed E-state index contributed by atoms with van der Waals surface area (Å²) in [7, 11) is 1.79. The number of aromatic nitrogens is 3. The van der Waals surface area contributed by atoms with E-state index in [2.05, 4.69) is 26.3 Å². The van der Waals surface area contributed by atoms with Crippen molar-refractivity contribution in [3.8, 4) is 11.3 Å². The summed E-state index contributed by atoms with van der Waals surface area (Å²) in [6.45, 7) is 1.23. The van der Waals surface area contributed by atoms with Crippen molar-refractivity contribution >= 4 is 56.5 Å². The maximum absolute atomic E-state index is 12.6. The largest absolute Gasteiger partial charge is 0.370 e. The number of nitrogens with one attached hydrogen (secondary N) is 1.